The van der Waals surface area contributed by atoms with E-state index in [2.05, 4.69) is 63.5 Å². The van der Waals surface area contributed by atoms with Gasteiger partial charge < -0.3 is 20.6 Å². The van der Waals surface area contributed by atoms with Crippen molar-refractivity contribution in [1.82, 2.24) is 0 Å². The predicted molar refractivity (Wildman–Crippen MR) is 111 cm³/mol. The summed E-state index contributed by atoms with van der Waals surface area (Å²) in [6, 6.07) is 9.33. The fourth-order valence-corrected chi connectivity index (χ4v) is 2.44. The van der Waals surface area contributed by atoms with Crippen LogP contribution in [0.25, 0.3) is 16.5 Å². The Bertz CT molecular complexity index is 584. The summed E-state index contributed by atoms with van der Waals surface area (Å²) in [7, 11) is 0. The second-order valence-electron chi connectivity index (χ2n) is 7.39. The van der Waals surface area contributed by atoms with Gasteiger partial charge in [0.1, 0.15) is 0 Å². The van der Waals surface area contributed by atoms with Crippen LogP contribution in [0.1, 0.15) is 43.9 Å². The summed E-state index contributed by atoms with van der Waals surface area (Å²) >= 11 is 2.27. The molecule has 0 unspecified atom stereocenters. The molecule has 2 aromatic rings. The molecule has 0 saturated carbocycles. The van der Waals surface area contributed by atoms with Crippen LogP contribution in [0, 0.1) is 21.8 Å². The molecule has 3 heteroatoms. The van der Waals surface area contributed by atoms with Crippen LogP contribution >= 0.6 is 0 Å². The molecule has 0 heterocycles. The van der Waals surface area contributed by atoms with Crippen LogP contribution in [0.3, 0.4) is 0 Å². The minimum atomic E-state index is -0.250. The van der Waals surface area contributed by atoms with Gasteiger partial charge in [0, 0.05) is 0 Å². The Hall–Kier alpha value is -0.279. The van der Waals surface area contributed by atoms with E-state index in [9.17, 15) is 0 Å². The first kappa shape index (κ1) is 26.0. The van der Waals surface area contributed by atoms with E-state index in [-0.39, 0.29) is 26.6 Å². The quantitative estimate of drug-likeness (QED) is 0.353. The van der Waals surface area contributed by atoms with Gasteiger partial charge in [-0.1, -0.05) is 38.8 Å². The topological polar surface area (TPSA) is 23.8 Å². The van der Waals surface area contributed by atoms with Crippen molar-refractivity contribution in [3.8, 4) is 0 Å². The van der Waals surface area contributed by atoms with Crippen molar-refractivity contribution < 1.29 is 19.2 Å². The Morgan fingerprint density at radius 1 is 1.04 bits per heavy atom. The van der Waals surface area contributed by atoms with Crippen LogP contribution in [0.15, 0.2) is 24.3 Å². The molecule has 136 valence electrons. The molecule has 1 N–H and O–H groups in total. The average Bonchev–Trinajstić information content (AvgIpc) is 2.85. The van der Waals surface area contributed by atoms with E-state index < -0.39 is 0 Å². The maximum absolute atomic E-state index is 6.94. The average molecular weight is 377 g/mol. The molecule has 0 amide bonds. The molecule has 0 saturated heterocycles. The van der Waals surface area contributed by atoms with Gasteiger partial charge in [-0.25, -0.2) is 0 Å². The smallest absolute Gasteiger partial charge is 0.0289 e. The van der Waals surface area contributed by atoms with E-state index in [1.54, 1.807) is 11.1 Å². The maximum atomic E-state index is 6.94. The Morgan fingerprint density at radius 3 is 1.92 bits per heavy atom. The summed E-state index contributed by atoms with van der Waals surface area (Å²) in [5.41, 5.74) is 11.2. The Kier molecular flexibility index (Phi) is 12.3. The number of rotatable bonds is 0. The minimum Gasteiger partial charge on any atom is -0.358 e. The summed E-state index contributed by atoms with van der Waals surface area (Å²) in [5, 5.41) is 2.86. The molecule has 3 rings (SSSR count). The van der Waals surface area contributed by atoms with Gasteiger partial charge in [0.05, 0.1) is 0 Å². The van der Waals surface area contributed by atoms with Crippen molar-refractivity contribution in [1.29, 1.82) is 0 Å². The van der Waals surface area contributed by atoms with Crippen molar-refractivity contribution >= 4 is 17.0 Å². The van der Waals surface area contributed by atoms with Crippen molar-refractivity contribution in [2.75, 3.05) is 0 Å². The van der Waals surface area contributed by atoms with E-state index in [1.165, 1.54) is 35.6 Å². The second kappa shape index (κ2) is 11.4. The van der Waals surface area contributed by atoms with E-state index in [0.29, 0.717) is 0 Å². The summed E-state index contributed by atoms with van der Waals surface area (Å²) in [6.45, 7) is 12.3. The van der Waals surface area contributed by atoms with Crippen LogP contribution in [-0.4, -0.2) is 11.7 Å². The zero-order valence-electron chi connectivity index (χ0n) is 16.9. The molecule has 0 spiro atoms. The van der Waals surface area contributed by atoms with E-state index in [0.717, 1.165) is 0 Å². The van der Waals surface area contributed by atoms with Gasteiger partial charge in [-0.3, -0.25) is 0 Å². The van der Waals surface area contributed by atoms with E-state index in [1.807, 2.05) is 20.8 Å². The molecule has 0 aromatic heterocycles. The number of hydrogen-bond donors (Lipinski definition) is 0. The molecule has 0 aliphatic heterocycles. The summed E-state index contributed by atoms with van der Waals surface area (Å²) in [6.07, 6.45) is 4.04. The molecular formula is C21H35NSiTi-4. The number of aryl methyl sites for hydroxylation is 3. The Balaban J connectivity index is 0. The van der Waals surface area contributed by atoms with Crippen molar-refractivity contribution in [3.05, 3.63) is 61.5 Å². The SMILES string of the molecule is CC(C)(C)[NH-].C[Si](C)=[Ti].Cc1cc2cc3c(cc2[cH-]1)CCC3.[CH3-].[CH3-]. The van der Waals surface area contributed by atoms with Crippen LogP contribution in [0.5, 0.6) is 0 Å². The number of nitrogens with one attached hydrogen (secondary N) is 1. The van der Waals surface area contributed by atoms with Gasteiger partial charge in [0.25, 0.3) is 0 Å². The number of benzene rings is 1. The molecular weight excluding hydrogens is 342 g/mol. The fraction of sp³-hybridized carbons (Fsp3) is 0.476. The standard InChI is InChI=1S/C13H13.C4H10N.C2H6Si.2CH3.Ti/c1-9-5-12-7-10-3-2-4-11(10)8-13(12)6-9;1-4(2,3)5;1-3-2;;;/h5-8H,2-4H2,1H3;5H,1-3H3;1-2H3;2*1H3;/q2*-1;;2*-1;. The zero-order valence-corrected chi connectivity index (χ0v) is 19.5. The monoisotopic (exact) mass is 377 g/mol. The summed E-state index contributed by atoms with van der Waals surface area (Å²) in [5.74, 6) is 0. The third-order valence-electron chi connectivity index (χ3n) is 3.06. The normalized spacial score (nSPS) is 11.8. The molecule has 24 heavy (non-hydrogen) atoms. The molecule has 2 aromatic carbocycles. The van der Waals surface area contributed by atoms with E-state index >= 15 is 0 Å². The van der Waals surface area contributed by atoms with Crippen LogP contribution < -0.4 is 0 Å². The molecule has 0 radical (unpaired) electrons. The molecule has 0 fully saturated rings. The van der Waals surface area contributed by atoms with Crippen molar-refractivity contribution in [2.45, 2.75) is 65.6 Å². The summed E-state index contributed by atoms with van der Waals surface area (Å²) < 4.78 is 0. The van der Waals surface area contributed by atoms with Crippen LogP contribution in [-0.2, 0) is 32.0 Å². The van der Waals surface area contributed by atoms with Crippen LogP contribution in [0.4, 0.5) is 0 Å². The molecule has 1 aliphatic rings. The number of fused-ring (bicyclic) bond motifs is 2. The van der Waals surface area contributed by atoms with Gasteiger partial charge in [0.15, 0.2) is 0 Å². The first-order valence-electron chi connectivity index (χ1n) is 8.02. The van der Waals surface area contributed by atoms with Gasteiger partial charge in [-0.2, -0.15) is 6.07 Å². The molecule has 0 bridgehead atoms. The second-order valence-corrected chi connectivity index (χ2v) is 14.1. The van der Waals surface area contributed by atoms with Gasteiger partial charge >= 0.3 is 38.5 Å². The molecule has 1 nitrogen and oxygen atoms in total. The maximum Gasteiger partial charge on any atom is -0.0289 e. The molecule has 1 aliphatic carbocycles. The zero-order chi connectivity index (χ0) is 16.9. The Labute approximate surface area is 163 Å². The third kappa shape index (κ3) is 10.6. The van der Waals surface area contributed by atoms with Gasteiger partial charge in [0.2, 0.25) is 0 Å². The van der Waals surface area contributed by atoms with Gasteiger partial charge in [-0.15, -0.1) is 40.1 Å². The van der Waals surface area contributed by atoms with E-state index in [4.69, 9.17) is 5.73 Å². The predicted octanol–water partition coefficient (Wildman–Crippen LogP) is 6.88. The Morgan fingerprint density at radius 2 is 1.46 bits per heavy atom. The first-order chi connectivity index (χ1) is 10.1. The molecule has 0 atom stereocenters. The fourth-order valence-electron chi connectivity index (χ4n) is 2.44. The van der Waals surface area contributed by atoms with Crippen molar-refractivity contribution in [3.63, 3.8) is 0 Å². The first-order valence-corrected chi connectivity index (χ1v) is 12.9. The van der Waals surface area contributed by atoms with Gasteiger partial charge in [-0.05, 0) is 19.3 Å². The summed E-state index contributed by atoms with van der Waals surface area (Å²) in [4.78, 5) is 0. The third-order valence-corrected chi connectivity index (χ3v) is 3.06. The largest absolute Gasteiger partial charge is 0.358 e. The van der Waals surface area contributed by atoms with Crippen LogP contribution in [0.2, 0.25) is 13.1 Å². The minimum absolute atomic E-state index is 0. The van der Waals surface area contributed by atoms with Crippen molar-refractivity contribution in [2.24, 2.45) is 0 Å². The number of hydrogen-bond acceptors (Lipinski definition) is 0.